The fourth-order valence-corrected chi connectivity index (χ4v) is 3.57. The van der Waals surface area contributed by atoms with Gasteiger partial charge < -0.3 is 9.64 Å². The lowest BCUT2D eigenvalue weighted by atomic mass is 10.0. The first-order valence-electron chi connectivity index (χ1n) is 6.91. The van der Waals surface area contributed by atoms with Crippen LogP contribution in [0.15, 0.2) is 18.2 Å². The lowest BCUT2D eigenvalue weighted by Crippen LogP contribution is -2.30. The van der Waals surface area contributed by atoms with Gasteiger partial charge in [-0.15, -0.1) is 0 Å². The Balaban J connectivity index is 1.50. The van der Waals surface area contributed by atoms with E-state index >= 15 is 0 Å². The second-order valence-corrected chi connectivity index (χ2v) is 6.42. The molecule has 0 aromatic heterocycles. The number of halogens is 1. The molecule has 100 valence electrons. The summed E-state index contributed by atoms with van der Waals surface area (Å²) in [5.74, 6) is 0.0352. The number of hydrogen-bond acceptors (Lipinski definition) is 3. The van der Waals surface area contributed by atoms with Crippen molar-refractivity contribution >= 4 is 23.3 Å². The third-order valence-corrected chi connectivity index (χ3v) is 4.87. The van der Waals surface area contributed by atoms with Gasteiger partial charge in [0.05, 0.1) is 12.0 Å². The van der Waals surface area contributed by atoms with Gasteiger partial charge in [-0.1, -0.05) is 11.6 Å². The molecule has 4 rings (SSSR count). The number of fused-ring (bicyclic) bond motifs is 1. The Morgan fingerprint density at radius 2 is 2.26 bits per heavy atom. The molecule has 1 saturated heterocycles. The van der Waals surface area contributed by atoms with E-state index in [1.54, 1.807) is 0 Å². The number of carbonyl (C=O) groups excluding carboxylic acids is 1. The maximum Gasteiger partial charge on any atom is 0.312 e. The predicted molar refractivity (Wildman–Crippen MR) is 73.5 cm³/mol. The molecule has 1 aliphatic carbocycles. The maximum atomic E-state index is 11.8. The first-order valence-corrected chi connectivity index (χ1v) is 7.29. The van der Waals surface area contributed by atoms with E-state index in [4.69, 9.17) is 16.3 Å². The normalized spacial score (nSPS) is 26.7. The molecule has 19 heavy (non-hydrogen) atoms. The number of anilines is 1. The van der Waals surface area contributed by atoms with Crippen molar-refractivity contribution in [2.24, 2.45) is 5.41 Å². The van der Waals surface area contributed by atoms with E-state index in [0.717, 1.165) is 43.8 Å². The van der Waals surface area contributed by atoms with Gasteiger partial charge in [0, 0.05) is 23.7 Å². The van der Waals surface area contributed by atoms with Crippen molar-refractivity contribution in [3.8, 4) is 0 Å². The highest BCUT2D eigenvalue weighted by atomic mass is 35.5. The van der Waals surface area contributed by atoms with Gasteiger partial charge >= 0.3 is 5.97 Å². The SMILES string of the molecule is O=C1OC(CN2CCc3cc(Cl)ccc32)CC12CC2. The monoisotopic (exact) mass is 277 g/mol. The van der Waals surface area contributed by atoms with Crippen LogP contribution in [0.1, 0.15) is 24.8 Å². The first kappa shape index (κ1) is 11.6. The Hall–Kier alpha value is -1.22. The molecule has 0 amide bonds. The van der Waals surface area contributed by atoms with Gasteiger partial charge in [-0.25, -0.2) is 0 Å². The lowest BCUT2D eigenvalue weighted by molar-refractivity contribution is -0.145. The standard InChI is InChI=1S/C15H16ClNO2/c16-11-1-2-13-10(7-11)3-6-17(13)9-12-8-15(4-5-15)14(18)19-12/h1-2,7,12H,3-6,8-9H2. The molecule has 0 N–H and O–H groups in total. The maximum absolute atomic E-state index is 11.8. The zero-order valence-electron chi connectivity index (χ0n) is 10.7. The molecule has 3 aliphatic rings. The summed E-state index contributed by atoms with van der Waals surface area (Å²) < 4.78 is 5.53. The average molecular weight is 278 g/mol. The molecule has 1 spiro atoms. The number of carbonyl (C=O) groups is 1. The Kier molecular flexibility index (Phi) is 2.37. The van der Waals surface area contributed by atoms with E-state index < -0.39 is 0 Å². The van der Waals surface area contributed by atoms with Gasteiger partial charge in [-0.2, -0.15) is 0 Å². The third kappa shape index (κ3) is 1.83. The summed E-state index contributed by atoms with van der Waals surface area (Å²) >= 11 is 6.02. The van der Waals surface area contributed by atoms with E-state index in [9.17, 15) is 4.79 Å². The molecule has 2 heterocycles. The zero-order chi connectivity index (χ0) is 13.0. The molecule has 1 atom stereocenters. The molecular weight excluding hydrogens is 262 g/mol. The largest absolute Gasteiger partial charge is 0.460 e. The van der Waals surface area contributed by atoms with Crippen LogP contribution in [0.3, 0.4) is 0 Å². The lowest BCUT2D eigenvalue weighted by Gasteiger charge is -2.22. The van der Waals surface area contributed by atoms with Crippen molar-refractivity contribution in [1.29, 1.82) is 0 Å². The second kappa shape index (κ2) is 3.89. The van der Waals surface area contributed by atoms with Crippen LogP contribution in [0, 0.1) is 5.41 Å². The van der Waals surface area contributed by atoms with Gasteiger partial charge in [0.1, 0.15) is 6.10 Å². The summed E-state index contributed by atoms with van der Waals surface area (Å²) in [6, 6.07) is 6.05. The number of esters is 1. The first-order chi connectivity index (χ1) is 9.16. The van der Waals surface area contributed by atoms with Crippen molar-refractivity contribution in [2.75, 3.05) is 18.0 Å². The number of nitrogens with zero attached hydrogens (tertiary/aromatic N) is 1. The summed E-state index contributed by atoms with van der Waals surface area (Å²) in [4.78, 5) is 14.1. The zero-order valence-corrected chi connectivity index (χ0v) is 11.4. The quantitative estimate of drug-likeness (QED) is 0.779. The summed E-state index contributed by atoms with van der Waals surface area (Å²) in [7, 11) is 0. The van der Waals surface area contributed by atoms with Crippen molar-refractivity contribution in [3.63, 3.8) is 0 Å². The summed E-state index contributed by atoms with van der Waals surface area (Å²) in [5, 5.41) is 0.796. The minimum Gasteiger partial charge on any atom is -0.460 e. The van der Waals surface area contributed by atoms with Crippen LogP contribution in [0.25, 0.3) is 0 Å². The minimum absolute atomic E-state index is 0.0352. The van der Waals surface area contributed by atoms with E-state index in [2.05, 4.69) is 11.0 Å². The molecule has 1 aromatic carbocycles. The number of rotatable bonds is 2. The molecule has 0 radical (unpaired) electrons. The highest BCUT2D eigenvalue weighted by Crippen LogP contribution is 2.55. The van der Waals surface area contributed by atoms with E-state index in [1.807, 2.05) is 12.1 Å². The number of ether oxygens (including phenoxy) is 1. The highest BCUT2D eigenvalue weighted by Gasteiger charge is 2.57. The highest BCUT2D eigenvalue weighted by molar-refractivity contribution is 6.30. The Bertz CT molecular complexity index is 553. The summed E-state index contributed by atoms with van der Waals surface area (Å²) in [6.07, 6.45) is 4.05. The van der Waals surface area contributed by atoms with Gasteiger partial charge in [0.15, 0.2) is 0 Å². The molecular formula is C15H16ClNO2. The van der Waals surface area contributed by atoms with Crippen LogP contribution in [0.5, 0.6) is 0 Å². The van der Waals surface area contributed by atoms with Crippen LogP contribution in [0.4, 0.5) is 5.69 Å². The van der Waals surface area contributed by atoms with Gasteiger partial charge in [-0.3, -0.25) is 4.79 Å². The molecule has 1 aromatic rings. The molecule has 2 aliphatic heterocycles. The number of hydrogen-bond donors (Lipinski definition) is 0. The number of benzene rings is 1. The molecule has 1 saturated carbocycles. The minimum atomic E-state index is -0.0901. The third-order valence-electron chi connectivity index (χ3n) is 4.64. The number of cyclic esters (lactones) is 1. The Morgan fingerprint density at radius 3 is 3.00 bits per heavy atom. The second-order valence-electron chi connectivity index (χ2n) is 5.98. The van der Waals surface area contributed by atoms with E-state index in [-0.39, 0.29) is 17.5 Å². The topological polar surface area (TPSA) is 29.5 Å². The molecule has 3 nitrogen and oxygen atoms in total. The average Bonchev–Trinajstić information content (AvgIpc) is 2.95. The molecule has 1 unspecified atom stereocenters. The van der Waals surface area contributed by atoms with E-state index in [1.165, 1.54) is 11.3 Å². The Morgan fingerprint density at radius 1 is 1.42 bits per heavy atom. The smallest absolute Gasteiger partial charge is 0.312 e. The molecule has 4 heteroatoms. The fraction of sp³-hybridized carbons (Fsp3) is 0.533. The van der Waals surface area contributed by atoms with Crippen LogP contribution >= 0.6 is 11.6 Å². The predicted octanol–water partition coefficient (Wildman–Crippen LogP) is 2.80. The fourth-order valence-electron chi connectivity index (χ4n) is 3.37. The van der Waals surface area contributed by atoms with Crippen molar-refractivity contribution in [2.45, 2.75) is 31.8 Å². The molecule has 0 bridgehead atoms. The van der Waals surface area contributed by atoms with Crippen LogP contribution < -0.4 is 4.90 Å². The van der Waals surface area contributed by atoms with Gasteiger partial charge in [0.2, 0.25) is 0 Å². The van der Waals surface area contributed by atoms with Gasteiger partial charge in [0.25, 0.3) is 0 Å². The van der Waals surface area contributed by atoms with Crippen LogP contribution in [-0.4, -0.2) is 25.2 Å². The van der Waals surface area contributed by atoms with Crippen molar-refractivity contribution < 1.29 is 9.53 Å². The van der Waals surface area contributed by atoms with Gasteiger partial charge in [-0.05, 0) is 43.0 Å². The van der Waals surface area contributed by atoms with E-state index in [0.29, 0.717) is 0 Å². The summed E-state index contributed by atoms with van der Waals surface area (Å²) in [6.45, 7) is 1.82. The van der Waals surface area contributed by atoms with Crippen LogP contribution in [0.2, 0.25) is 5.02 Å². The molecule has 2 fully saturated rings. The Labute approximate surface area is 117 Å². The van der Waals surface area contributed by atoms with Crippen molar-refractivity contribution in [1.82, 2.24) is 0 Å². The van der Waals surface area contributed by atoms with Crippen molar-refractivity contribution in [3.05, 3.63) is 28.8 Å². The summed E-state index contributed by atoms with van der Waals surface area (Å²) in [5.41, 5.74) is 2.46. The van der Waals surface area contributed by atoms with Crippen LogP contribution in [-0.2, 0) is 16.0 Å².